The number of phenols is 1. The lowest BCUT2D eigenvalue weighted by Crippen LogP contribution is -2.25. The fourth-order valence-electron chi connectivity index (χ4n) is 1.86. The number of nitrogen functional groups attached to an aromatic ring is 1. The van der Waals surface area contributed by atoms with Crippen molar-refractivity contribution in [2.45, 2.75) is 5.69 Å². The van der Waals surface area contributed by atoms with Crippen LogP contribution in [0.15, 0.2) is 30.5 Å². The van der Waals surface area contributed by atoms with Gasteiger partial charge in [-0.2, -0.15) is 0 Å². The third-order valence-corrected chi connectivity index (χ3v) is 2.86. The minimum absolute atomic E-state index is 0.00363. The van der Waals surface area contributed by atoms with Crippen LogP contribution in [0.5, 0.6) is 5.75 Å². The highest BCUT2D eigenvalue weighted by Crippen LogP contribution is 2.29. The van der Waals surface area contributed by atoms with Crippen molar-refractivity contribution in [2.75, 3.05) is 5.73 Å². The van der Waals surface area contributed by atoms with Gasteiger partial charge in [-0.05, 0) is 18.2 Å². The predicted molar refractivity (Wildman–Crippen MR) is 77.2 cm³/mol. The van der Waals surface area contributed by atoms with Gasteiger partial charge in [-0.25, -0.2) is 0 Å². The molecule has 0 saturated heterocycles. The summed E-state index contributed by atoms with van der Waals surface area (Å²) in [6.07, 6.45) is 2.68. The first kappa shape index (κ1) is 14.0. The predicted octanol–water partition coefficient (Wildman–Crippen LogP) is 0.0227. The summed E-state index contributed by atoms with van der Waals surface area (Å²) in [6.45, 7) is 0. The van der Waals surface area contributed by atoms with Crippen molar-refractivity contribution < 1.29 is 15.3 Å². The van der Waals surface area contributed by atoms with E-state index in [-0.39, 0.29) is 28.4 Å². The maximum atomic E-state index is 9.72. The first-order chi connectivity index (χ1) is 9.30. The Hall–Kier alpha value is -2.38. The summed E-state index contributed by atoms with van der Waals surface area (Å²) in [7, 11) is 5.23. The Kier molecular flexibility index (Phi) is 3.48. The minimum atomic E-state index is -2.54. The Morgan fingerprint density at radius 3 is 2.55 bits per heavy atom. The molecular formula is C13H14BN3O3. The molecule has 6 nitrogen and oxygen atoms in total. The highest BCUT2D eigenvalue weighted by atomic mass is 16.5. The van der Waals surface area contributed by atoms with Crippen LogP contribution in [0.4, 0.5) is 5.82 Å². The number of aromatic nitrogens is 1. The fraction of sp³-hybridized carbons (Fsp3) is 0.0769. The van der Waals surface area contributed by atoms with Crippen LogP contribution >= 0.6 is 0 Å². The van der Waals surface area contributed by atoms with Crippen molar-refractivity contribution in [3.05, 3.63) is 47.2 Å². The van der Waals surface area contributed by atoms with E-state index in [0.717, 1.165) is 0 Å². The van der Waals surface area contributed by atoms with Crippen LogP contribution < -0.4 is 11.5 Å². The van der Waals surface area contributed by atoms with Gasteiger partial charge in [-0.15, -0.1) is 0 Å². The SMILES string of the molecule is [B]C(O)(O)c1c[nH]c(N)c1/C=C(\N)c1ccccc1O. The molecule has 0 aliphatic carbocycles. The maximum absolute atomic E-state index is 9.72. The van der Waals surface area contributed by atoms with Crippen molar-refractivity contribution in [1.29, 1.82) is 0 Å². The van der Waals surface area contributed by atoms with E-state index < -0.39 is 5.69 Å². The molecule has 2 aromatic rings. The highest BCUT2D eigenvalue weighted by molar-refractivity contribution is 6.13. The average molecular weight is 271 g/mol. The zero-order chi connectivity index (χ0) is 14.9. The van der Waals surface area contributed by atoms with Gasteiger partial charge in [0.05, 0.1) is 0 Å². The Bertz CT molecular complexity index is 659. The first-order valence-corrected chi connectivity index (χ1v) is 5.77. The van der Waals surface area contributed by atoms with Crippen LogP contribution in [0.25, 0.3) is 11.8 Å². The van der Waals surface area contributed by atoms with Crippen molar-refractivity contribution in [1.82, 2.24) is 4.98 Å². The molecule has 1 aromatic carbocycles. The number of H-pyrrole nitrogens is 1. The lowest BCUT2D eigenvalue weighted by atomic mass is 9.86. The quantitative estimate of drug-likeness (QED) is 0.346. The maximum Gasteiger partial charge on any atom is 0.161 e. The van der Waals surface area contributed by atoms with Gasteiger partial charge in [-0.1, -0.05) is 12.1 Å². The molecule has 2 radical (unpaired) electrons. The molecule has 1 heterocycles. The lowest BCUT2D eigenvalue weighted by Gasteiger charge is -2.16. The van der Waals surface area contributed by atoms with Crippen molar-refractivity contribution in [3.63, 3.8) is 0 Å². The van der Waals surface area contributed by atoms with Crippen LogP contribution in [-0.2, 0) is 5.69 Å². The largest absolute Gasteiger partial charge is 0.507 e. The summed E-state index contributed by atoms with van der Waals surface area (Å²) in [5.74, 6) is 0.181. The van der Waals surface area contributed by atoms with Gasteiger partial charge in [-0.3, -0.25) is 0 Å². The molecule has 0 unspecified atom stereocenters. The molecule has 0 fully saturated rings. The number of rotatable bonds is 3. The standard InChI is InChI=1S/C13H14BN3O3/c14-13(19,20)9-6-17-12(16)8(9)5-10(15)7-3-1-2-4-11(7)18/h1-6,17-20H,15-16H2/b10-5-. The molecule has 1 aromatic heterocycles. The van der Waals surface area contributed by atoms with E-state index in [4.69, 9.17) is 19.3 Å². The second-order valence-electron chi connectivity index (χ2n) is 4.37. The number of hydrogen-bond acceptors (Lipinski definition) is 5. The minimum Gasteiger partial charge on any atom is -0.507 e. The summed E-state index contributed by atoms with van der Waals surface area (Å²) in [5, 5.41) is 28.6. The smallest absolute Gasteiger partial charge is 0.161 e. The molecule has 8 N–H and O–H groups in total. The second-order valence-corrected chi connectivity index (χ2v) is 4.37. The monoisotopic (exact) mass is 271 g/mol. The van der Waals surface area contributed by atoms with Gasteiger partial charge in [0.25, 0.3) is 0 Å². The van der Waals surface area contributed by atoms with E-state index in [9.17, 15) is 15.3 Å². The number of nitrogens with one attached hydrogen (secondary N) is 1. The van der Waals surface area contributed by atoms with Crippen LogP contribution in [-0.4, -0.2) is 28.1 Å². The molecule has 0 aliphatic rings. The number of nitrogens with two attached hydrogens (primary N) is 2. The number of benzene rings is 1. The number of anilines is 1. The number of aliphatic hydroxyl groups is 2. The van der Waals surface area contributed by atoms with Crippen LogP contribution in [0, 0.1) is 0 Å². The summed E-state index contributed by atoms with van der Waals surface area (Å²) in [5.41, 5.74) is 9.90. The van der Waals surface area contributed by atoms with Gasteiger partial charge in [0.2, 0.25) is 0 Å². The second kappa shape index (κ2) is 4.95. The topological polar surface area (TPSA) is 129 Å². The van der Waals surface area contributed by atoms with E-state index in [1.165, 1.54) is 18.3 Å². The molecule has 0 amide bonds. The van der Waals surface area contributed by atoms with Crippen molar-refractivity contribution in [2.24, 2.45) is 5.73 Å². The molecule has 20 heavy (non-hydrogen) atoms. The van der Waals surface area contributed by atoms with E-state index in [0.29, 0.717) is 5.56 Å². The molecular weight excluding hydrogens is 257 g/mol. The Morgan fingerprint density at radius 1 is 1.30 bits per heavy atom. The summed E-state index contributed by atoms with van der Waals surface area (Å²) in [6, 6.07) is 6.48. The zero-order valence-corrected chi connectivity index (χ0v) is 10.5. The third-order valence-electron chi connectivity index (χ3n) is 2.86. The number of hydrogen-bond donors (Lipinski definition) is 6. The van der Waals surface area contributed by atoms with Crippen LogP contribution in [0.2, 0.25) is 0 Å². The van der Waals surface area contributed by atoms with Gasteiger partial charge in [0.1, 0.15) is 17.3 Å². The molecule has 0 spiro atoms. The first-order valence-electron chi connectivity index (χ1n) is 5.77. The third kappa shape index (κ3) is 2.63. The summed E-state index contributed by atoms with van der Waals surface area (Å²) in [4.78, 5) is 2.63. The summed E-state index contributed by atoms with van der Waals surface area (Å²) < 4.78 is 0. The molecule has 102 valence electrons. The molecule has 2 rings (SSSR count). The van der Waals surface area contributed by atoms with Crippen molar-refractivity contribution in [3.8, 4) is 5.75 Å². The molecule has 0 aliphatic heterocycles. The Balaban J connectivity index is 2.51. The zero-order valence-electron chi connectivity index (χ0n) is 10.5. The molecule has 0 bridgehead atoms. The lowest BCUT2D eigenvalue weighted by molar-refractivity contribution is -0.0910. The van der Waals surface area contributed by atoms with E-state index in [1.807, 2.05) is 0 Å². The van der Waals surface area contributed by atoms with Crippen molar-refractivity contribution >= 4 is 25.4 Å². The molecule has 7 heteroatoms. The van der Waals surface area contributed by atoms with Crippen LogP contribution in [0.1, 0.15) is 16.7 Å². The van der Waals surface area contributed by atoms with E-state index in [1.54, 1.807) is 18.2 Å². The highest BCUT2D eigenvalue weighted by Gasteiger charge is 2.24. The van der Waals surface area contributed by atoms with Gasteiger partial charge >= 0.3 is 0 Å². The number of aromatic amines is 1. The number of phenolic OH excluding ortho intramolecular Hbond substituents is 1. The number of aromatic hydroxyl groups is 1. The van der Waals surface area contributed by atoms with Gasteiger partial charge in [0, 0.05) is 28.6 Å². The van der Waals surface area contributed by atoms with Crippen LogP contribution in [0.3, 0.4) is 0 Å². The normalized spacial score (nSPS) is 12.6. The summed E-state index contributed by atoms with van der Waals surface area (Å²) >= 11 is 0. The Morgan fingerprint density at radius 2 is 1.95 bits per heavy atom. The van der Waals surface area contributed by atoms with E-state index >= 15 is 0 Å². The average Bonchev–Trinajstić information content (AvgIpc) is 2.71. The van der Waals surface area contributed by atoms with Gasteiger partial charge in [0.15, 0.2) is 7.85 Å². The molecule has 0 atom stereocenters. The van der Waals surface area contributed by atoms with Gasteiger partial charge < -0.3 is 31.8 Å². The Labute approximate surface area is 116 Å². The van der Waals surface area contributed by atoms with E-state index in [2.05, 4.69) is 4.98 Å². The molecule has 0 saturated carbocycles. The fourth-order valence-corrected chi connectivity index (χ4v) is 1.86. The number of para-hydroxylation sites is 1.